The van der Waals surface area contributed by atoms with Crippen LogP contribution in [0.2, 0.25) is 0 Å². The van der Waals surface area contributed by atoms with Crippen LogP contribution in [-0.4, -0.2) is 0 Å². The minimum Gasteiger partial charge on any atom is -0.166 e. The Balaban J connectivity index is 2.06. The minimum absolute atomic E-state index is 0.399. The van der Waals surface area contributed by atoms with Crippen molar-refractivity contribution in [2.75, 3.05) is 0 Å². The lowest BCUT2D eigenvalue weighted by Crippen LogP contribution is -2.23. The lowest BCUT2D eigenvalue weighted by molar-refractivity contribution is -0.137. The largest absolute Gasteiger partial charge is 0.416 e. The summed E-state index contributed by atoms with van der Waals surface area (Å²) in [5.74, 6) is 2.58. The summed E-state index contributed by atoms with van der Waals surface area (Å²) in [5, 5.41) is 0. The van der Waals surface area contributed by atoms with Crippen LogP contribution in [-0.2, 0) is 6.18 Å². The molecule has 0 amide bonds. The first-order valence-electron chi connectivity index (χ1n) is 8.50. The average molecular weight is 312 g/mol. The topological polar surface area (TPSA) is 0 Å². The van der Waals surface area contributed by atoms with Crippen LogP contribution in [0.25, 0.3) is 0 Å². The first-order chi connectivity index (χ1) is 10.3. The zero-order valence-electron chi connectivity index (χ0n) is 13.8. The van der Waals surface area contributed by atoms with Crippen LogP contribution in [0.15, 0.2) is 24.3 Å². The zero-order chi connectivity index (χ0) is 16.3. The third-order valence-corrected chi connectivity index (χ3v) is 5.43. The van der Waals surface area contributed by atoms with E-state index in [0.717, 1.165) is 23.8 Å². The first-order valence-corrected chi connectivity index (χ1v) is 8.50. The van der Waals surface area contributed by atoms with Gasteiger partial charge in [0.25, 0.3) is 0 Å². The van der Waals surface area contributed by atoms with Gasteiger partial charge in [-0.3, -0.25) is 0 Å². The molecule has 0 radical (unpaired) electrons. The van der Waals surface area contributed by atoms with Crippen molar-refractivity contribution in [1.29, 1.82) is 0 Å². The standard InChI is InChI=1S/C19H27F3/c1-4-18(15-7-5-14(6-8-15)13(2)3)16-9-11-17(12-10-16)19(20,21)22/h9-15,18H,4-8H2,1-3H3. The maximum atomic E-state index is 12.7. The molecule has 1 fully saturated rings. The van der Waals surface area contributed by atoms with Crippen LogP contribution in [0, 0.1) is 17.8 Å². The van der Waals surface area contributed by atoms with Gasteiger partial charge in [-0.05, 0) is 73.5 Å². The van der Waals surface area contributed by atoms with Crippen LogP contribution in [0.4, 0.5) is 13.2 Å². The monoisotopic (exact) mass is 312 g/mol. The zero-order valence-corrected chi connectivity index (χ0v) is 13.8. The van der Waals surface area contributed by atoms with Crippen molar-refractivity contribution in [1.82, 2.24) is 0 Å². The Hall–Kier alpha value is -0.990. The summed E-state index contributed by atoms with van der Waals surface area (Å²) in [6.45, 7) is 6.73. The molecule has 0 saturated heterocycles. The highest BCUT2D eigenvalue weighted by atomic mass is 19.4. The van der Waals surface area contributed by atoms with Gasteiger partial charge >= 0.3 is 6.18 Å². The second-order valence-electron chi connectivity index (χ2n) is 7.05. The molecule has 1 aromatic rings. The van der Waals surface area contributed by atoms with Crippen LogP contribution >= 0.6 is 0 Å². The Labute approximate surface area is 132 Å². The highest BCUT2D eigenvalue weighted by molar-refractivity contribution is 5.27. The molecule has 0 aromatic heterocycles. The third-order valence-electron chi connectivity index (χ3n) is 5.43. The summed E-state index contributed by atoms with van der Waals surface area (Å²) in [6, 6.07) is 5.84. The number of hydrogen-bond acceptors (Lipinski definition) is 0. The molecule has 0 N–H and O–H groups in total. The molecule has 0 nitrogen and oxygen atoms in total. The van der Waals surface area contributed by atoms with E-state index in [0.29, 0.717) is 11.8 Å². The number of rotatable bonds is 4. The number of alkyl halides is 3. The molecular weight excluding hydrogens is 285 g/mol. The predicted molar refractivity (Wildman–Crippen MR) is 84.8 cm³/mol. The van der Waals surface area contributed by atoms with Crippen molar-refractivity contribution >= 4 is 0 Å². The van der Waals surface area contributed by atoms with Crippen molar-refractivity contribution in [3.63, 3.8) is 0 Å². The van der Waals surface area contributed by atoms with Gasteiger partial charge in [0.15, 0.2) is 0 Å². The Kier molecular flexibility index (Phi) is 5.57. The number of benzene rings is 1. The van der Waals surface area contributed by atoms with Crippen molar-refractivity contribution in [2.45, 2.75) is 65.0 Å². The molecular formula is C19H27F3. The van der Waals surface area contributed by atoms with Gasteiger partial charge in [-0.1, -0.05) is 32.9 Å². The number of hydrogen-bond donors (Lipinski definition) is 0. The van der Waals surface area contributed by atoms with Gasteiger partial charge < -0.3 is 0 Å². The first kappa shape index (κ1) is 17.4. The highest BCUT2D eigenvalue weighted by Gasteiger charge is 2.32. The van der Waals surface area contributed by atoms with E-state index in [1.54, 1.807) is 12.1 Å². The summed E-state index contributed by atoms with van der Waals surface area (Å²) >= 11 is 0. The molecule has 124 valence electrons. The van der Waals surface area contributed by atoms with Gasteiger partial charge in [-0.25, -0.2) is 0 Å². The van der Waals surface area contributed by atoms with E-state index in [-0.39, 0.29) is 0 Å². The molecule has 2 rings (SSSR count). The maximum Gasteiger partial charge on any atom is 0.416 e. The molecule has 22 heavy (non-hydrogen) atoms. The van der Waals surface area contributed by atoms with E-state index in [2.05, 4.69) is 20.8 Å². The van der Waals surface area contributed by atoms with E-state index < -0.39 is 11.7 Å². The van der Waals surface area contributed by atoms with Gasteiger partial charge in [-0.2, -0.15) is 13.2 Å². The molecule has 0 bridgehead atoms. The summed E-state index contributed by atoms with van der Waals surface area (Å²) in [5.41, 5.74) is 0.526. The highest BCUT2D eigenvalue weighted by Crippen LogP contribution is 2.42. The van der Waals surface area contributed by atoms with Crippen LogP contribution < -0.4 is 0 Å². The molecule has 1 saturated carbocycles. The fraction of sp³-hybridized carbons (Fsp3) is 0.684. The molecule has 0 heterocycles. The Morgan fingerprint density at radius 3 is 1.86 bits per heavy atom. The number of halogens is 3. The predicted octanol–water partition coefficient (Wildman–Crippen LogP) is 6.66. The second kappa shape index (κ2) is 7.06. The van der Waals surface area contributed by atoms with Crippen LogP contribution in [0.5, 0.6) is 0 Å². The molecule has 1 aromatic carbocycles. The van der Waals surface area contributed by atoms with E-state index in [9.17, 15) is 13.2 Å². The van der Waals surface area contributed by atoms with Crippen molar-refractivity contribution < 1.29 is 13.2 Å². The molecule has 1 aliphatic carbocycles. The van der Waals surface area contributed by atoms with E-state index in [4.69, 9.17) is 0 Å². The molecule has 1 unspecified atom stereocenters. The van der Waals surface area contributed by atoms with E-state index in [1.807, 2.05) is 0 Å². The van der Waals surface area contributed by atoms with Gasteiger partial charge in [0, 0.05) is 0 Å². The quantitative estimate of drug-likeness (QED) is 0.583. The summed E-state index contributed by atoms with van der Waals surface area (Å²) < 4.78 is 38.0. The maximum absolute atomic E-state index is 12.7. The van der Waals surface area contributed by atoms with Crippen molar-refractivity contribution in [3.05, 3.63) is 35.4 Å². The van der Waals surface area contributed by atoms with Crippen LogP contribution in [0.3, 0.4) is 0 Å². The normalized spacial score (nSPS) is 24.5. The fourth-order valence-corrected chi connectivity index (χ4v) is 3.97. The van der Waals surface area contributed by atoms with Crippen molar-refractivity contribution in [2.24, 2.45) is 17.8 Å². The Bertz CT molecular complexity index is 451. The molecule has 3 heteroatoms. The van der Waals surface area contributed by atoms with E-state index in [1.165, 1.54) is 37.8 Å². The van der Waals surface area contributed by atoms with Gasteiger partial charge in [0.2, 0.25) is 0 Å². The second-order valence-corrected chi connectivity index (χ2v) is 7.05. The molecule has 1 aliphatic rings. The van der Waals surface area contributed by atoms with E-state index >= 15 is 0 Å². The lowest BCUT2D eigenvalue weighted by atomic mass is 9.70. The summed E-state index contributed by atoms with van der Waals surface area (Å²) in [4.78, 5) is 0. The van der Waals surface area contributed by atoms with Gasteiger partial charge in [0.1, 0.15) is 0 Å². The summed E-state index contributed by atoms with van der Waals surface area (Å²) in [7, 11) is 0. The fourth-order valence-electron chi connectivity index (χ4n) is 3.97. The minimum atomic E-state index is -4.24. The lowest BCUT2D eigenvalue weighted by Gasteiger charge is -2.35. The Morgan fingerprint density at radius 2 is 1.45 bits per heavy atom. The molecule has 0 spiro atoms. The summed E-state index contributed by atoms with van der Waals surface area (Å²) in [6.07, 6.45) is 1.71. The SMILES string of the molecule is CCC(c1ccc(C(F)(F)F)cc1)C1CCC(C(C)C)CC1. The van der Waals surface area contributed by atoms with Gasteiger partial charge in [0.05, 0.1) is 5.56 Å². The van der Waals surface area contributed by atoms with Crippen molar-refractivity contribution in [3.8, 4) is 0 Å². The van der Waals surface area contributed by atoms with Crippen LogP contribution in [0.1, 0.15) is 69.9 Å². The third kappa shape index (κ3) is 4.05. The van der Waals surface area contributed by atoms with Gasteiger partial charge in [-0.15, -0.1) is 0 Å². The average Bonchev–Trinajstić information content (AvgIpc) is 2.48. The molecule has 0 aliphatic heterocycles. The molecule has 1 atom stereocenters. The smallest absolute Gasteiger partial charge is 0.166 e. The Morgan fingerprint density at radius 1 is 0.955 bits per heavy atom.